The second-order valence-electron chi connectivity index (χ2n) is 7.17. The summed E-state index contributed by atoms with van der Waals surface area (Å²) in [6.07, 6.45) is 0. The molecule has 2 aliphatic heterocycles. The van der Waals surface area contributed by atoms with E-state index in [-0.39, 0.29) is 15.7 Å². The minimum Gasteiger partial charge on any atom is -0.321 e. The topological polar surface area (TPSA) is 69.7 Å². The van der Waals surface area contributed by atoms with E-state index in [1.54, 1.807) is 23.2 Å². The lowest BCUT2D eigenvalue weighted by Crippen LogP contribution is -2.38. The molecule has 1 N–H and O–H groups in total. The van der Waals surface area contributed by atoms with Crippen molar-refractivity contribution in [2.75, 3.05) is 54.5 Å². The van der Waals surface area contributed by atoms with Crippen LogP contribution in [0, 0.1) is 0 Å². The Hall–Kier alpha value is -1.04. The van der Waals surface area contributed by atoms with Gasteiger partial charge in [-0.1, -0.05) is 12.1 Å². The predicted octanol–water partition coefficient (Wildman–Crippen LogP) is 3.29. The molecule has 1 aromatic heterocycles. The molecule has 10 heteroatoms. The largest absolute Gasteiger partial charge is 0.321 e. The number of carbonyl (C=O) groups is 1. The maximum Gasteiger partial charge on any atom is 0.267 e. The lowest BCUT2D eigenvalue weighted by atomic mass is 10.2. The molecule has 6 nitrogen and oxygen atoms in total. The fourth-order valence-corrected chi connectivity index (χ4v) is 8.40. The van der Waals surface area contributed by atoms with E-state index >= 15 is 0 Å². The molecule has 0 atom stereocenters. The maximum absolute atomic E-state index is 13.0. The zero-order chi connectivity index (χ0) is 21.0. The lowest BCUT2D eigenvalue weighted by molar-refractivity contribution is 0.102. The molecule has 1 amide bonds. The van der Waals surface area contributed by atoms with Gasteiger partial charge >= 0.3 is 0 Å². The number of amides is 1. The molecular formula is C20H25N3O3S4. The Morgan fingerprint density at radius 3 is 2.43 bits per heavy atom. The number of carbonyl (C=O) groups excluding carboxylic acids is 1. The van der Waals surface area contributed by atoms with Crippen LogP contribution in [-0.2, 0) is 16.6 Å². The zero-order valence-corrected chi connectivity index (χ0v) is 19.8. The highest BCUT2D eigenvalue weighted by molar-refractivity contribution is 7.99. The zero-order valence-electron chi connectivity index (χ0n) is 16.6. The van der Waals surface area contributed by atoms with Gasteiger partial charge in [0.2, 0.25) is 10.0 Å². The van der Waals surface area contributed by atoms with Gasteiger partial charge in [-0.25, -0.2) is 8.42 Å². The van der Waals surface area contributed by atoms with Gasteiger partial charge in [-0.05, 0) is 29.1 Å². The van der Waals surface area contributed by atoms with Crippen molar-refractivity contribution >= 4 is 56.5 Å². The van der Waals surface area contributed by atoms with Gasteiger partial charge in [-0.3, -0.25) is 9.69 Å². The van der Waals surface area contributed by atoms with Gasteiger partial charge in [0.05, 0.1) is 0 Å². The Kier molecular flexibility index (Phi) is 7.43. The molecule has 162 valence electrons. The molecule has 2 saturated heterocycles. The average molecular weight is 484 g/mol. The minimum atomic E-state index is -3.65. The van der Waals surface area contributed by atoms with Crippen LogP contribution >= 0.6 is 34.9 Å². The summed E-state index contributed by atoms with van der Waals surface area (Å²) in [5.41, 5.74) is 1.83. The van der Waals surface area contributed by atoms with E-state index in [1.807, 2.05) is 30.0 Å². The summed E-state index contributed by atoms with van der Waals surface area (Å²) in [7, 11) is -3.65. The Labute approximate surface area is 190 Å². The van der Waals surface area contributed by atoms with Crippen molar-refractivity contribution in [3.8, 4) is 0 Å². The minimum absolute atomic E-state index is 0.110. The second kappa shape index (κ2) is 10.1. The molecule has 2 aromatic rings. The highest BCUT2D eigenvalue weighted by Crippen LogP contribution is 2.28. The van der Waals surface area contributed by atoms with E-state index in [0.29, 0.717) is 18.8 Å². The fraction of sp³-hybridized carbons (Fsp3) is 0.450. The van der Waals surface area contributed by atoms with Gasteiger partial charge in [-0.15, -0.1) is 11.3 Å². The van der Waals surface area contributed by atoms with Crippen LogP contribution in [0.3, 0.4) is 0 Å². The van der Waals surface area contributed by atoms with Gasteiger partial charge in [0, 0.05) is 61.4 Å². The Bertz CT molecular complexity index is 981. The highest BCUT2D eigenvalue weighted by atomic mass is 32.2. The molecule has 0 spiro atoms. The predicted molar refractivity (Wildman–Crippen MR) is 127 cm³/mol. The molecule has 1 aromatic carbocycles. The van der Waals surface area contributed by atoms with Crippen LogP contribution < -0.4 is 5.32 Å². The van der Waals surface area contributed by atoms with Crippen molar-refractivity contribution < 1.29 is 13.2 Å². The number of thioether (sulfide) groups is 2. The summed E-state index contributed by atoms with van der Waals surface area (Å²) in [5, 5.41) is 4.57. The summed E-state index contributed by atoms with van der Waals surface area (Å²) in [4.78, 5) is 15.7. The molecule has 0 radical (unpaired) electrons. The van der Waals surface area contributed by atoms with Crippen molar-refractivity contribution in [1.29, 1.82) is 0 Å². The number of nitrogens with one attached hydrogen (secondary N) is 1. The molecule has 0 aliphatic carbocycles. The van der Waals surface area contributed by atoms with Crippen molar-refractivity contribution in [1.82, 2.24) is 9.21 Å². The number of anilines is 1. The molecule has 4 rings (SSSR count). The monoisotopic (exact) mass is 483 g/mol. The number of hydrogen-bond acceptors (Lipinski definition) is 7. The third kappa shape index (κ3) is 5.23. The first-order valence-corrected chi connectivity index (χ1v) is 14.5. The summed E-state index contributed by atoms with van der Waals surface area (Å²) in [6.45, 7) is 3.98. The van der Waals surface area contributed by atoms with Gasteiger partial charge < -0.3 is 5.32 Å². The van der Waals surface area contributed by atoms with Crippen molar-refractivity contribution in [2.24, 2.45) is 0 Å². The average Bonchev–Trinajstić information content (AvgIpc) is 3.27. The van der Waals surface area contributed by atoms with E-state index in [2.05, 4.69) is 16.3 Å². The van der Waals surface area contributed by atoms with Crippen LogP contribution in [0.25, 0.3) is 0 Å². The van der Waals surface area contributed by atoms with Gasteiger partial charge in [0.1, 0.15) is 9.77 Å². The van der Waals surface area contributed by atoms with Crippen molar-refractivity contribution in [3.63, 3.8) is 0 Å². The van der Waals surface area contributed by atoms with Crippen LogP contribution in [-0.4, -0.2) is 72.7 Å². The summed E-state index contributed by atoms with van der Waals surface area (Å²) in [5.74, 6) is 3.51. The number of nitrogens with zero attached hydrogens (tertiary/aromatic N) is 2. The lowest BCUT2D eigenvalue weighted by Gasteiger charge is -2.26. The first-order chi connectivity index (χ1) is 14.5. The van der Waals surface area contributed by atoms with Gasteiger partial charge in [0.25, 0.3) is 5.91 Å². The summed E-state index contributed by atoms with van der Waals surface area (Å²) >= 11 is 4.90. The fourth-order valence-electron chi connectivity index (χ4n) is 3.54. The van der Waals surface area contributed by atoms with Crippen molar-refractivity contribution in [3.05, 3.63) is 46.2 Å². The smallest absolute Gasteiger partial charge is 0.267 e. The highest BCUT2D eigenvalue weighted by Gasteiger charge is 2.31. The molecule has 3 heterocycles. The molecule has 2 aliphatic rings. The van der Waals surface area contributed by atoms with Crippen LogP contribution in [0.4, 0.5) is 5.69 Å². The summed E-state index contributed by atoms with van der Waals surface area (Å²) in [6, 6.07) is 9.36. The molecule has 0 saturated carbocycles. The van der Waals surface area contributed by atoms with E-state index in [4.69, 9.17) is 0 Å². The van der Waals surface area contributed by atoms with Crippen LogP contribution in [0.1, 0.15) is 15.2 Å². The number of rotatable bonds is 6. The first kappa shape index (κ1) is 22.2. The standard InChI is InChI=1S/C20H25N3O3S4/c24-20(19-18(4-9-29-19)30(25,26)23-7-12-28-13-8-23)21-17-3-1-2-16(14-17)15-22-5-10-27-11-6-22/h1-4,9,14H,5-8,10-13,15H2,(H,21,24). The van der Waals surface area contributed by atoms with E-state index in [1.165, 1.54) is 15.6 Å². The Morgan fingerprint density at radius 1 is 1.00 bits per heavy atom. The molecule has 0 bridgehead atoms. The maximum atomic E-state index is 13.0. The van der Waals surface area contributed by atoms with E-state index in [9.17, 15) is 13.2 Å². The molecule has 2 fully saturated rings. The Morgan fingerprint density at radius 2 is 1.70 bits per heavy atom. The summed E-state index contributed by atoms with van der Waals surface area (Å²) < 4.78 is 27.6. The van der Waals surface area contributed by atoms with Crippen molar-refractivity contribution in [2.45, 2.75) is 11.4 Å². The molecule has 0 unspecified atom stereocenters. The van der Waals surface area contributed by atoms with Crippen LogP contribution in [0.2, 0.25) is 0 Å². The van der Waals surface area contributed by atoms with Crippen LogP contribution in [0.15, 0.2) is 40.6 Å². The normalized spacial score (nSPS) is 18.9. The number of benzene rings is 1. The van der Waals surface area contributed by atoms with Gasteiger partial charge in [-0.2, -0.15) is 27.8 Å². The first-order valence-electron chi connectivity index (χ1n) is 9.90. The molecule has 30 heavy (non-hydrogen) atoms. The Balaban J connectivity index is 1.47. The van der Waals surface area contributed by atoms with Crippen LogP contribution in [0.5, 0.6) is 0 Å². The molecular weight excluding hydrogens is 459 g/mol. The third-order valence-electron chi connectivity index (χ3n) is 5.12. The number of hydrogen-bond donors (Lipinski definition) is 1. The van der Waals surface area contributed by atoms with Gasteiger partial charge in [0.15, 0.2) is 0 Å². The van der Waals surface area contributed by atoms with E-state index in [0.717, 1.165) is 48.2 Å². The van der Waals surface area contributed by atoms with E-state index < -0.39 is 10.0 Å². The second-order valence-corrected chi connectivity index (χ2v) is 12.4. The number of thiophene rings is 1. The number of sulfonamides is 1. The quantitative estimate of drug-likeness (QED) is 0.680. The SMILES string of the molecule is O=C(Nc1cccc(CN2CCSCC2)c1)c1sccc1S(=O)(=O)N1CCSCC1. The third-order valence-corrected chi connectivity index (χ3v) is 9.99.